The molecule has 0 saturated carbocycles. The van der Waals surface area contributed by atoms with Crippen molar-refractivity contribution in [1.82, 2.24) is 15.3 Å². The second-order valence-corrected chi connectivity index (χ2v) is 6.84. The Labute approximate surface area is 126 Å². The second-order valence-electron chi connectivity index (χ2n) is 4.30. The molecular weight excluding hydrogens is 315 g/mol. The maximum Gasteiger partial charge on any atom is 0.265 e. The van der Waals surface area contributed by atoms with Gasteiger partial charge in [-0.2, -0.15) is 0 Å². The van der Waals surface area contributed by atoms with E-state index in [1.54, 1.807) is 5.38 Å². The standard InChI is InChI=1S/C12H15FN4O2S2/c1-3-15-8(2)11-7-20-12(16-11)17-21(18,19)10-4-9(13)5-14-6-10/h4-8,15H,3H2,1-2H3,(H,16,17). The Morgan fingerprint density at radius 1 is 1.43 bits per heavy atom. The van der Waals surface area contributed by atoms with Crippen molar-refractivity contribution < 1.29 is 12.8 Å². The van der Waals surface area contributed by atoms with Crippen molar-refractivity contribution in [1.29, 1.82) is 0 Å². The lowest BCUT2D eigenvalue weighted by molar-refractivity contribution is 0.586. The van der Waals surface area contributed by atoms with Crippen LogP contribution in [0.15, 0.2) is 28.7 Å². The van der Waals surface area contributed by atoms with Gasteiger partial charge in [0, 0.05) is 17.6 Å². The van der Waals surface area contributed by atoms with Gasteiger partial charge in [0.15, 0.2) is 5.13 Å². The summed E-state index contributed by atoms with van der Waals surface area (Å²) >= 11 is 1.17. The number of pyridine rings is 1. The van der Waals surface area contributed by atoms with E-state index in [0.29, 0.717) is 0 Å². The van der Waals surface area contributed by atoms with Crippen molar-refractivity contribution in [2.24, 2.45) is 0 Å². The minimum atomic E-state index is -3.89. The zero-order chi connectivity index (χ0) is 15.5. The van der Waals surface area contributed by atoms with E-state index in [2.05, 4.69) is 20.0 Å². The van der Waals surface area contributed by atoms with Gasteiger partial charge in [0.05, 0.1) is 11.9 Å². The van der Waals surface area contributed by atoms with Crippen LogP contribution in [0, 0.1) is 5.82 Å². The molecule has 0 saturated heterocycles. The Morgan fingerprint density at radius 2 is 2.19 bits per heavy atom. The van der Waals surface area contributed by atoms with Gasteiger partial charge in [0.1, 0.15) is 10.7 Å². The second kappa shape index (κ2) is 6.46. The Balaban J connectivity index is 2.18. The molecule has 2 heterocycles. The quantitative estimate of drug-likeness (QED) is 0.848. The van der Waals surface area contributed by atoms with Crippen molar-refractivity contribution in [3.8, 4) is 0 Å². The number of halogens is 1. The van der Waals surface area contributed by atoms with E-state index in [9.17, 15) is 12.8 Å². The Kier molecular flexibility index (Phi) is 4.86. The van der Waals surface area contributed by atoms with Crippen LogP contribution >= 0.6 is 11.3 Å². The maximum absolute atomic E-state index is 13.1. The molecular formula is C12H15FN4O2S2. The fourth-order valence-electron chi connectivity index (χ4n) is 1.66. The topological polar surface area (TPSA) is 84.0 Å². The van der Waals surface area contributed by atoms with Gasteiger partial charge < -0.3 is 5.32 Å². The molecule has 2 N–H and O–H groups in total. The van der Waals surface area contributed by atoms with E-state index < -0.39 is 15.8 Å². The number of hydrogen-bond donors (Lipinski definition) is 2. The van der Waals surface area contributed by atoms with Crippen LogP contribution in [0.5, 0.6) is 0 Å². The molecule has 9 heteroatoms. The van der Waals surface area contributed by atoms with Crippen LogP contribution < -0.4 is 10.0 Å². The lowest BCUT2D eigenvalue weighted by atomic mass is 10.3. The first-order valence-corrected chi connectivity index (χ1v) is 8.61. The van der Waals surface area contributed by atoms with Gasteiger partial charge >= 0.3 is 0 Å². The molecule has 6 nitrogen and oxygen atoms in total. The molecule has 114 valence electrons. The Morgan fingerprint density at radius 3 is 2.86 bits per heavy atom. The predicted octanol–water partition coefficient (Wildman–Crippen LogP) is 2.15. The van der Waals surface area contributed by atoms with Gasteiger partial charge in [-0.3, -0.25) is 9.71 Å². The normalized spacial score (nSPS) is 13.1. The van der Waals surface area contributed by atoms with Crippen LogP contribution in [0.25, 0.3) is 0 Å². The third kappa shape index (κ3) is 3.96. The number of aromatic nitrogens is 2. The Hall–Kier alpha value is -1.58. The molecule has 0 aromatic carbocycles. The summed E-state index contributed by atoms with van der Waals surface area (Å²) in [5.74, 6) is -0.710. The highest BCUT2D eigenvalue weighted by Gasteiger charge is 2.18. The molecule has 1 unspecified atom stereocenters. The molecule has 0 amide bonds. The number of anilines is 1. The Bertz CT molecular complexity index is 718. The van der Waals surface area contributed by atoms with Crippen LogP contribution in [0.1, 0.15) is 25.6 Å². The first kappa shape index (κ1) is 15.8. The molecule has 1 atom stereocenters. The summed E-state index contributed by atoms with van der Waals surface area (Å²) < 4.78 is 39.6. The molecule has 21 heavy (non-hydrogen) atoms. The third-order valence-electron chi connectivity index (χ3n) is 2.69. The monoisotopic (exact) mass is 330 g/mol. The van der Waals surface area contributed by atoms with Crippen molar-refractivity contribution in [3.05, 3.63) is 35.4 Å². The highest BCUT2D eigenvalue weighted by Crippen LogP contribution is 2.23. The van der Waals surface area contributed by atoms with Gasteiger partial charge in [0.25, 0.3) is 10.0 Å². The predicted molar refractivity (Wildman–Crippen MR) is 79.2 cm³/mol. The summed E-state index contributed by atoms with van der Waals surface area (Å²) in [6, 6.07) is 0.936. The lowest BCUT2D eigenvalue weighted by Gasteiger charge is -2.08. The maximum atomic E-state index is 13.1. The molecule has 0 spiro atoms. The van der Waals surface area contributed by atoms with Crippen molar-refractivity contribution >= 4 is 26.5 Å². The van der Waals surface area contributed by atoms with Crippen LogP contribution in [-0.4, -0.2) is 24.9 Å². The van der Waals surface area contributed by atoms with Crippen molar-refractivity contribution in [3.63, 3.8) is 0 Å². The first-order chi connectivity index (χ1) is 9.92. The van der Waals surface area contributed by atoms with E-state index in [4.69, 9.17) is 0 Å². The SMILES string of the molecule is CCNC(C)c1csc(NS(=O)(=O)c2cncc(F)c2)n1. The summed E-state index contributed by atoms with van der Waals surface area (Å²) in [4.78, 5) is 7.51. The highest BCUT2D eigenvalue weighted by atomic mass is 32.2. The largest absolute Gasteiger partial charge is 0.309 e. The first-order valence-electron chi connectivity index (χ1n) is 6.24. The van der Waals surface area contributed by atoms with Crippen molar-refractivity contribution in [2.45, 2.75) is 24.8 Å². The molecule has 0 fully saturated rings. The summed E-state index contributed by atoms with van der Waals surface area (Å²) in [5, 5.41) is 5.19. The van der Waals surface area contributed by atoms with Crippen LogP contribution in [0.4, 0.5) is 9.52 Å². The van der Waals surface area contributed by atoms with Gasteiger partial charge in [-0.05, 0) is 19.5 Å². The zero-order valence-electron chi connectivity index (χ0n) is 11.5. The average Bonchev–Trinajstić information content (AvgIpc) is 2.87. The summed E-state index contributed by atoms with van der Waals surface area (Å²) in [7, 11) is -3.89. The number of rotatable bonds is 6. The average molecular weight is 330 g/mol. The summed E-state index contributed by atoms with van der Waals surface area (Å²) in [6.45, 7) is 4.70. The summed E-state index contributed by atoms with van der Waals surface area (Å²) in [6.07, 6.45) is 2.03. The van der Waals surface area contributed by atoms with E-state index in [-0.39, 0.29) is 16.1 Å². The minimum absolute atomic E-state index is 0.0281. The number of thiazole rings is 1. The molecule has 0 aliphatic rings. The lowest BCUT2D eigenvalue weighted by Crippen LogP contribution is -2.18. The van der Waals surface area contributed by atoms with E-state index in [1.807, 2.05) is 13.8 Å². The molecule has 2 aromatic heterocycles. The number of nitrogens with one attached hydrogen (secondary N) is 2. The fourth-order valence-corrected chi connectivity index (χ4v) is 3.69. The number of hydrogen-bond acceptors (Lipinski definition) is 6. The van der Waals surface area contributed by atoms with Crippen LogP contribution in [-0.2, 0) is 10.0 Å². The highest BCUT2D eigenvalue weighted by molar-refractivity contribution is 7.93. The van der Waals surface area contributed by atoms with Gasteiger partial charge in [-0.1, -0.05) is 6.92 Å². The fraction of sp³-hybridized carbons (Fsp3) is 0.333. The smallest absolute Gasteiger partial charge is 0.265 e. The number of sulfonamides is 1. The summed E-state index contributed by atoms with van der Waals surface area (Å²) in [5.41, 5.74) is 0.747. The number of nitrogens with zero attached hydrogens (tertiary/aromatic N) is 2. The van der Waals surface area contributed by atoms with E-state index in [0.717, 1.165) is 30.7 Å². The molecule has 2 aromatic rings. The van der Waals surface area contributed by atoms with E-state index >= 15 is 0 Å². The third-order valence-corrected chi connectivity index (χ3v) is 4.90. The van der Waals surface area contributed by atoms with Gasteiger partial charge in [0.2, 0.25) is 0 Å². The van der Waals surface area contributed by atoms with Crippen LogP contribution in [0.3, 0.4) is 0 Å². The molecule has 2 rings (SSSR count). The van der Waals surface area contributed by atoms with Crippen molar-refractivity contribution in [2.75, 3.05) is 11.3 Å². The van der Waals surface area contributed by atoms with Crippen LogP contribution in [0.2, 0.25) is 0 Å². The molecule has 0 aliphatic heterocycles. The van der Waals surface area contributed by atoms with Gasteiger partial charge in [-0.15, -0.1) is 11.3 Å². The molecule has 0 bridgehead atoms. The van der Waals surface area contributed by atoms with E-state index in [1.165, 1.54) is 11.3 Å². The van der Waals surface area contributed by atoms with Gasteiger partial charge in [-0.25, -0.2) is 17.8 Å². The molecule has 0 radical (unpaired) electrons. The minimum Gasteiger partial charge on any atom is -0.309 e. The molecule has 0 aliphatic carbocycles. The zero-order valence-corrected chi connectivity index (χ0v) is 13.1.